The molecule has 1 aliphatic rings. The molecular weight excluding hydrogens is 444 g/mol. The van der Waals surface area contributed by atoms with Gasteiger partial charge in [0.05, 0.1) is 5.56 Å². The fraction of sp³-hybridized carbons (Fsp3) is 0.481. The van der Waals surface area contributed by atoms with E-state index in [0.29, 0.717) is 16.9 Å². The largest absolute Gasteiger partial charge is 0.454 e. The Morgan fingerprint density at radius 3 is 2.40 bits per heavy atom. The summed E-state index contributed by atoms with van der Waals surface area (Å²) >= 11 is 0. The average Bonchev–Trinajstić information content (AvgIpc) is 3.42. The van der Waals surface area contributed by atoms with Crippen LogP contribution in [0.2, 0.25) is 0 Å². The zero-order valence-electron chi connectivity index (χ0n) is 21.1. The van der Waals surface area contributed by atoms with Gasteiger partial charge in [0.15, 0.2) is 6.61 Å². The molecule has 8 heteroatoms. The van der Waals surface area contributed by atoms with E-state index < -0.39 is 24.5 Å². The second kappa shape index (κ2) is 11.2. The van der Waals surface area contributed by atoms with E-state index in [-0.39, 0.29) is 17.9 Å². The highest BCUT2D eigenvalue weighted by Gasteiger charge is 2.29. The summed E-state index contributed by atoms with van der Waals surface area (Å²) in [4.78, 5) is 38.2. The molecule has 2 amide bonds. The Hall–Kier alpha value is -3.60. The lowest BCUT2D eigenvalue weighted by Crippen LogP contribution is -2.46. The van der Waals surface area contributed by atoms with Crippen molar-refractivity contribution in [1.82, 2.24) is 9.88 Å². The molecule has 1 heterocycles. The molecule has 0 unspecified atom stereocenters. The highest BCUT2D eigenvalue weighted by atomic mass is 16.5. The second-order valence-corrected chi connectivity index (χ2v) is 9.52. The normalized spacial score (nSPS) is 14.4. The highest BCUT2D eigenvalue weighted by Crippen LogP contribution is 2.37. The molecule has 0 saturated heterocycles. The maximum absolute atomic E-state index is 12.8. The Labute approximate surface area is 206 Å². The predicted octanol–water partition coefficient (Wildman–Crippen LogP) is 4.34. The van der Waals surface area contributed by atoms with Gasteiger partial charge < -0.3 is 19.9 Å². The van der Waals surface area contributed by atoms with Crippen molar-refractivity contribution < 1.29 is 19.1 Å². The third kappa shape index (κ3) is 5.73. The van der Waals surface area contributed by atoms with Gasteiger partial charge in [0, 0.05) is 17.3 Å². The molecule has 186 valence electrons. The monoisotopic (exact) mass is 478 g/mol. The van der Waals surface area contributed by atoms with Gasteiger partial charge in [0.2, 0.25) is 0 Å². The molecule has 1 fully saturated rings. The minimum Gasteiger partial charge on any atom is -0.454 e. The number of hydrogen-bond acceptors (Lipinski definition) is 5. The van der Waals surface area contributed by atoms with Crippen molar-refractivity contribution in [2.45, 2.75) is 72.4 Å². The van der Waals surface area contributed by atoms with Crippen molar-refractivity contribution in [3.8, 4) is 6.07 Å². The van der Waals surface area contributed by atoms with Crippen molar-refractivity contribution in [2.24, 2.45) is 5.92 Å². The molecule has 8 nitrogen and oxygen atoms in total. The van der Waals surface area contributed by atoms with Gasteiger partial charge >= 0.3 is 5.97 Å². The number of benzene rings is 1. The first-order valence-electron chi connectivity index (χ1n) is 12.1. The molecule has 2 aromatic rings. The second-order valence-electron chi connectivity index (χ2n) is 9.52. The first kappa shape index (κ1) is 26.0. The molecule has 0 aliphatic heterocycles. The van der Waals surface area contributed by atoms with Gasteiger partial charge in [0.1, 0.15) is 17.9 Å². The number of esters is 1. The van der Waals surface area contributed by atoms with Crippen molar-refractivity contribution >= 4 is 23.6 Å². The molecule has 0 radical (unpaired) electrons. The van der Waals surface area contributed by atoms with Crippen LogP contribution in [-0.4, -0.2) is 35.0 Å². The van der Waals surface area contributed by atoms with Crippen LogP contribution in [0.1, 0.15) is 78.3 Å². The lowest BCUT2D eigenvalue weighted by atomic mass is 10.0. The smallest absolute Gasteiger partial charge is 0.329 e. The fourth-order valence-electron chi connectivity index (χ4n) is 4.64. The third-order valence-electron chi connectivity index (χ3n) is 6.76. The third-order valence-corrected chi connectivity index (χ3v) is 6.76. The summed E-state index contributed by atoms with van der Waals surface area (Å²) in [5, 5.41) is 15.2. The Morgan fingerprint density at radius 1 is 1.14 bits per heavy atom. The number of aromatic nitrogens is 1. The Kier molecular flexibility index (Phi) is 8.34. The molecule has 1 atom stereocenters. The number of carbonyl (C=O) groups excluding carboxylic acids is 3. The van der Waals surface area contributed by atoms with Gasteiger partial charge in [-0.15, -0.1) is 0 Å². The van der Waals surface area contributed by atoms with Gasteiger partial charge in [0.25, 0.3) is 11.8 Å². The molecule has 1 aliphatic carbocycles. The van der Waals surface area contributed by atoms with E-state index in [4.69, 9.17) is 4.74 Å². The van der Waals surface area contributed by atoms with Gasteiger partial charge in [-0.1, -0.05) is 44.9 Å². The van der Waals surface area contributed by atoms with Crippen LogP contribution in [0.25, 0.3) is 0 Å². The number of carbonyl (C=O) groups is 3. The van der Waals surface area contributed by atoms with Gasteiger partial charge in [-0.25, -0.2) is 4.79 Å². The standard InChI is InChI=1S/C27H34N4O4/c1-16(2)24(30-26(33)21-13-9-6-10-17(21)3)27(34)35-15-23(32)29-25-22(14-28)18(4)19(5)31(25)20-11-7-8-12-20/h6,9-10,13,16,20,24H,7-8,11-12,15H2,1-5H3,(H,29,32)(H,30,33)/t24-/m0/s1. The van der Waals surface area contributed by atoms with Gasteiger partial charge in [-0.05, 0) is 56.7 Å². The lowest BCUT2D eigenvalue weighted by molar-refractivity contribution is -0.150. The summed E-state index contributed by atoms with van der Waals surface area (Å²) in [5.74, 6) is -1.37. The van der Waals surface area contributed by atoms with Crippen LogP contribution in [0, 0.1) is 38.0 Å². The van der Waals surface area contributed by atoms with E-state index in [1.807, 2.05) is 37.5 Å². The van der Waals surface area contributed by atoms with Crippen molar-refractivity contribution in [1.29, 1.82) is 5.26 Å². The zero-order valence-corrected chi connectivity index (χ0v) is 21.1. The number of aryl methyl sites for hydroxylation is 1. The molecular formula is C27H34N4O4. The quantitative estimate of drug-likeness (QED) is 0.548. The first-order valence-corrected chi connectivity index (χ1v) is 12.1. The molecule has 3 rings (SSSR count). The van der Waals surface area contributed by atoms with Crippen LogP contribution in [0.4, 0.5) is 5.82 Å². The van der Waals surface area contributed by atoms with Crippen molar-refractivity contribution in [2.75, 3.05) is 11.9 Å². The van der Waals surface area contributed by atoms with Crippen molar-refractivity contribution in [3.05, 3.63) is 52.2 Å². The van der Waals surface area contributed by atoms with Gasteiger partial charge in [-0.3, -0.25) is 9.59 Å². The zero-order chi connectivity index (χ0) is 25.7. The number of nitrogens with one attached hydrogen (secondary N) is 2. The van der Waals surface area contributed by atoms with Crippen LogP contribution in [-0.2, 0) is 14.3 Å². The number of ether oxygens (including phenoxy) is 1. The molecule has 0 bridgehead atoms. The fourth-order valence-corrected chi connectivity index (χ4v) is 4.64. The Bertz CT molecular complexity index is 1150. The number of amides is 2. The van der Waals surface area contributed by atoms with Gasteiger partial charge in [-0.2, -0.15) is 5.26 Å². The minimum atomic E-state index is -0.906. The van der Waals surface area contributed by atoms with Crippen LogP contribution in [0.3, 0.4) is 0 Å². The van der Waals surface area contributed by atoms with E-state index in [1.165, 1.54) is 0 Å². The summed E-state index contributed by atoms with van der Waals surface area (Å²) in [6.07, 6.45) is 4.21. The van der Waals surface area contributed by atoms with Crippen molar-refractivity contribution in [3.63, 3.8) is 0 Å². The van der Waals surface area contributed by atoms with E-state index in [9.17, 15) is 19.6 Å². The number of anilines is 1. The number of hydrogen-bond donors (Lipinski definition) is 2. The van der Waals surface area contributed by atoms with E-state index in [1.54, 1.807) is 26.0 Å². The summed E-state index contributed by atoms with van der Waals surface area (Å²) in [6.45, 7) is 8.73. The maximum Gasteiger partial charge on any atom is 0.329 e. The average molecular weight is 479 g/mol. The van der Waals surface area contributed by atoms with Crippen LogP contribution in [0.15, 0.2) is 24.3 Å². The van der Waals surface area contributed by atoms with Crippen LogP contribution in [0.5, 0.6) is 0 Å². The summed E-state index contributed by atoms with van der Waals surface area (Å²) in [6, 6.07) is 8.64. The van der Waals surface area contributed by atoms with Crippen LogP contribution >= 0.6 is 0 Å². The maximum atomic E-state index is 12.8. The summed E-state index contributed by atoms with van der Waals surface area (Å²) in [7, 11) is 0. The van der Waals surface area contributed by atoms with E-state index >= 15 is 0 Å². The molecule has 1 saturated carbocycles. The minimum absolute atomic E-state index is 0.232. The number of rotatable bonds is 8. The molecule has 1 aromatic heterocycles. The molecule has 2 N–H and O–H groups in total. The van der Waals surface area contributed by atoms with Crippen LogP contribution < -0.4 is 10.6 Å². The number of nitriles is 1. The number of nitrogens with zero attached hydrogens (tertiary/aromatic N) is 2. The topological polar surface area (TPSA) is 113 Å². The summed E-state index contributed by atoms with van der Waals surface area (Å²) in [5.41, 5.74) is 3.50. The van der Waals surface area contributed by atoms with E-state index in [0.717, 1.165) is 42.5 Å². The Morgan fingerprint density at radius 2 is 1.80 bits per heavy atom. The Balaban J connectivity index is 1.68. The van der Waals surface area contributed by atoms with E-state index in [2.05, 4.69) is 16.7 Å². The lowest BCUT2D eigenvalue weighted by Gasteiger charge is -2.22. The first-order chi connectivity index (χ1) is 16.6. The SMILES string of the molecule is Cc1ccccc1C(=O)N[C@H](C(=O)OCC(=O)Nc1c(C#N)c(C)c(C)n1C1CCCC1)C(C)C. The molecule has 0 spiro atoms. The predicted molar refractivity (Wildman–Crippen MR) is 133 cm³/mol. The molecule has 35 heavy (non-hydrogen) atoms. The molecule has 1 aromatic carbocycles. The summed E-state index contributed by atoms with van der Waals surface area (Å²) < 4.78 is 7.33. The highest BCUT2D eigenvalue weighted by molar-refractivity contribution is 5.98.